The highest BCUT2D eigenvalue weighted by molar-refractivity contribution is 6.01. The molecule has 0 heterocycles. The van der Waals surface area contributed by atoms with E-state index in [1.165, 1.54) is 5.56 Å². The molecule has 0 radical (unpaired) electrons. The van der Waals surface area contributed by atoms with Gasteiger partial charge in [-0.05, 0) is 43.2 Å². The summed E-state index contributed by atoms with van der Waals surface area (Å²) in [6.45, 7) is 5.17. The highest BCUT2D eigenvalue weighted by atomic mass is 15.1. The summed E-state index contributed by atoms with van der Waals surface area (Å²) < 4.78 is 0. The Morgan fingerprint density at radius 3 is 2.48 bits per heavy atom. The zero-order valence-corrected chi connectivity index (χ0v) is 12.8. The first kappa shape index (κ1) is 15.1. The van der Waals surface area contributed by atoms with E-state index < -0.39 is 0 Å². The third-order valence-electron chi connectivity index (χ3n) is 3.54. The molecule has 3 N–H and O–H groups in total. The summed E-state index contributed by atoms with van der Waals surface area (Å²) in [5.41, 5.74) is 9.89. The zero-order valence-electron chi connectivity index (χ0n) is 12.8. The van der Waals surface area contributed by atoms with Crippen molar-refractivity contribution in [2.45, 2.75) is 26.7 Å². The fraction of sp³-hybridized carbons (Fsp3) is 0.278. The molecule has 0 bridgehead atoms. The van der Waals surface area contributed by atoms with Crippen molar-refractivity contribution in [1.82, 2.24) is 0 Å². The van der Waals surface area contributed by atoms with Crippen molar-refractivity contribution in [1.29, 1.82) is 5.41 Å². The quantitative estimate of drug-likeness (QED) is 0.615. The highest BCUT2D eigenvalue weighted by Crippen LogP contribution is 2.29. The van der Waals surface area contributed by atoms with Crippen molar-refractivity contribution in [2.24, 2.45) is 5.73 Å². The number of para-hydroxylation sites is 1. The van der Waals surface area contributed by atoms with Crippen molar-refractivity contribution >= 4 is 17.2 Å². The van der Waals surface area contributed by atoms with Crippen LogP contribution in [-0.2, 0) is 0 Å². The largest absolute Gasteiger partial charge is 0.384 e. The number of nitrogens with two attached hydrogens (primary N) is 1. The van der Waals surface area contributed by atoms with Gasteiger partial charge in [0, 0.05) is 17.8 Å². The van der Waals surface area contributed by atoms with E-state index in [1.54, 1.807) is 0 Å². The molecule has 0 spiro atoms. The summed E-state index contributed by atoms with van der Waals surface area (Å²) in [6.07, 6.45) is 2.23. The van der Waals surface area contributed by atoms with Gasteiger partial charge in [-0.3, -0.25) is 5.41 Å². The molecule has 0 amide bonds. The maximum Gasteiger partial charge on any atom is 0.124 e. The lowest BCUT2D eigenvalue weighted by molar-refractivity contribution is 0.785. The molecule has 0 aliphatic carbocycles. The van der Waals surface area contributed by atoms with Crippen LogP contribution in [0.3, 0.4) is 0 Å². The Morgan fingerprint density at radius 2 is 1.86 bits per heavy atom. The number of anilines is 2. The Labute approximate surface area is 126 Å². The van der Waals surface area contributed by atoms with Gasteiger partial charge in [-0.1, -0.05) is 37.6 Å². The number of aryl methyl sites for hydroxylation is 1. The molecule has 0 aromatic heterocycles. The topological polar surface area (TPSA) is 53.1 Å². The van der Waals surface area contributed by atoms with Gasteiger partial charge in [0.25, 0.3) is 0 Å². The summed E-state index contributed by atoms with van der Waals surface area (Å²) in [5, 5.41) is 7.83. The van der Waals surface area contributed by atoms with Gasteiger partial charge in [-0.15, -0.1) is 0 Å². The summed E-state index contributed by atoms with van der Waals surface area (Å²) in [5.74, 6) is 0.113. The summed E-state index contributed by atoms with van der Waals surface area (Å²) in [7, 11) is 0. The molecule has 3 nitrogen and oxygen atoms in total. The molecule has 0 saturated heterocycles. The molecule has 0 unspecified atom stereocenters. The van der Waals surface area contributed by atoms with Crippen LogP contribution in [0.1, 0.15) is 30.9 Å². The molecular formula is C18H23N3. The number of benzene rings is 2. The van der Waals surface area contributed by atoms with Crippen molar-refractivity contribution < 1.29 is 0 Å². The fourth-order valence-electron chi connectivity index (χ4n) is 2.41. The van der Waals surface area contributed by atoms with Crippen molar-refractivity contribution in [3.05, 3.63) is 59.7 Å². The minimum atomic E-state index is 0.113. The normalized spacial score (nSPS) is 10.4. The number of hydrogen-bond acceptors (Lipinski definition) is 2. The van der Waals surface area contributed by atoms with Gasteiger partial charge >= 0.3 is 0 Å². The smallest absolute Gasteiger partial charge is 0.124 e. The van der Waals surface area contributed by atoms with Gasteiger partial charge in [0.1, 0.15) is 5.84 Å². The van der Waals surface area contributed by atoms with Crippen molar-refractivity contribution in [3.8, 4) is 0 Å². The first-order valence-corrected chi connectivity index (χ1v) is 7.41. The Balaban J connectivity index is 2.50. The monoisotopic (exact) mass is 281 g/mol. The van der Waals surface area contributed by atoms with Crippen molar-refractivity contribution in [3.63, 3.8) is 0 Å². The molecule has 2 aromatic rings. The average Bonchev–Trinajstić information content (AvgIpc) is 2.48. The lowest BCUT2D eigenvalue weighted by atomic mass is 10.1. The van der Waals surface area contributed by atoms with Crippen LogP contribution in [0.15, 0.2) is 48.5 Å². The Hall–Kier alpha value is -2.29. The van der Waals surface area contributed by atoms with Gasteiger partial charge in [0.15, 0.2) is 0 Å². The van der Waals surface area contributed by atoms with Crippen LogP contribution < -0.4 is 10.6 Å². The molecule has 110 valence electrons. The fourth-order valence-corrected chi connectivity index (χ4v) is 2.41. The Morgan fingerprint density at radius 1 is 1.14 bits per heavy atom. The Kier molecular flexibility index (Phi) is 4.99. The molecule has 0 saturated carbocycles. The van der Waals surface area contributed by atoms with Crippen LogP contribution in [0.5, 0.6) is 0 Å². The minimum Gasteiger partial charge on any atom is -0.384 e. The molecule has 0 aliphatic heterocycles. The number of rotatable bonds is 6. The first-order valence-electron chi connectivity index (χ1n) is 7.41. The third kappa shape index (κ3) is 3.63. The molecule has 2 rings (SSSR count). The van der Waals surface area contributed by atoms with E-state index in [2.05, 4.69) is 36.9 Å². The van der Waals surface area contributed by atoms with Crippen LogP contribution in [0.2, 0.25) is 0 Å². The van der Waals surface area contributed by atoms with E-state index in [9.17, 15) is 0 Å². The van der Waals surface area contributed by atoms with Gasteiger partial charge in [0.2, 0.25) is 0 Å². The molecular weight excluding hydrogens is 258 g/mol. The van der Waals surface area contributed by atoms with Gasteiger partial charge in [-0.2, -0.15) is 0 Å². The number of nitrogens with zero attached hydrogens (tertiary/aromatic N) is 1. The van der Waals surface area contributed by atoms with Gasteiger partial charge in [-0.25, -0.2) is 0 Å². The van der Waals surface area contributed by atoms with Gasteiger partial charge in [0.05, 0.1) is 5.69 Å². The maximum atomic E-state index is 7.83. The number of nitrogens with one attached hydrogen (secondary N) is 1. The zero-order chi connectivity index (χ0) is 15.2. The molecule has 2 aromatic carbocycles. The number of amidine groups is 1. The third-order valence-corrected chi connectivity index (χ3v) is 3.54. The first-order chi connectivity index (χ1) is 10.1. The maximum absolute atomic E-state index is 7.83. The predicted octanol–water partition coefficient (Wildman–Crippen LogP) is 4.22. The van der Waals surface area contributed by atoms with E-state index >= 15 is 0 Å². The molecule has 0 atom stereocenters. The number of unbranched alkanes of at least 4 members (excludes halogenated alkanes) is 1. The van der Waals surface area contributed by atoms with E-state index in [1.807, 2.05) is 30.3 Å². The second-order valence-corrected chi connectivity index (χ2v) is 5.28. The average molecular weight is 281 g/mol. The van der Waals surface area contributed by atoms with E-state index in [0.717, 1.165) is 36.3 Å². The Bertz CT molecular complexity index is 605. The summed E-state index contributed by atoms with van der Waals surface area (Å²) >= 11 is 0. The molecule has 21 heavy (non-hydrogen) atoms. The lowest BCUT2D eigenvalue weighted by Crippen LogP contribution is -2.23. The van der Waals surface area contributed by atoms with Crippen molar-refractivity contribution in [2.75, 3.05) is 11.4 Å². The van der Waals surface area contributed by atoms with E-state index in [-0.39, 0.29) is 5.84 Å². The molecule has 0 fully saturated rings. The van der Waals surface area contributed by atoms with Crippen LogP contribution in [-0.4, -0.2) is 12.4 Å². The van der Waals surface area contributed by atoms with Crippen LogP contribution >= 0.6 is 0 Å². The number of hydrogen-bond donors (Lipinski definition) is 2. The van der Waals surface area contributed by atoms with Gasteiger partial charge < -0.3 is 10.6 Å². The standard InChI is InChI=1S/C18H23N3/c1-3-4-12-21(15-8-6-5-7-9-15)17-13-14(2)10-11-16(17)18(19)20/h5-11,13H,3-4,12H2,1-2H3,(H3,19,20). The minimum absolute atomic E-state index is 0.113. The molecule has 3 heteroatoms. The van der Waals surface area contributed by atoms with Crippen LogP contribution in [0.25, 0.3) is 0 Å². The van der Waals surface area contributed by atoms with Crippen LogP contribution in [0, 0.1) is 12.3 Å². The lowest BCUT2D eigenvalue weighted by Gasteiger charge is -2.27. The predicted molar refractivity (Wildman–Crippen MR) is 90.6 cm³/mol. The SMILES string of the molecule is CCCCN(c1ccccc1)c1cc(C)ccc1C(=N)N. The number of nitrogen functional groups attached to an aromatic ring is 1. The molecule has 0 aliphatic rings. The van der Waals surface area contributed by atoms with Crippen LogP contribution in [0.4, 0.5) is 11.4 Å². The van der Waals surface area contributed by atoms with E-state index in [4.69, 9.17) is 11.1 Å². The highest BCUT2D eigenvalue weighted by Gasteiger charge is 2.14. The summed E-state index contributed by atoms with van der Waals surface area (Å²) in [4.78, 5) is 2.26. The summed E-state index contributed by atoms with van der Waals surface area (Å²) in [6, 6.07) is 16.3. The van der Waals surface area contributed by atoms with E-state index in [0.29, 0.717) is 0 Å². The second-order valence-electron chi connectivity index (χ2n) is 5.28. The second kappa shape index (κ2) is 6.93.